The van der Waals surface area contributed by atoms with Gasteiger partial charge in [-0.05, 0) is 25.5 Å². The van der Waals surface area contributed by atoms with Crippen LogP contribution >= 0.6 is 11.6 Å². The summed E-state index contributed by atoms with van der Waals surface area (Å²) in [5.74, 6) is -0.343. The van der Waals surface area contributed by atoms with Gasteiger partial charge in [-0.2, -0.15) is 0 Å². The van der Waals surface area contributed by atoms with Crippen molar-refractivity contribution < 1.29 is 10.2 Å². The smallest absolute Gasteiger partial charge is 0.162 e. The number of phenols is 2. The predicted molar refractivity (Wildman–Crippen MR) is 52.1 cm³/mol. The summed E-state index contributed by atoms with van der Waals surface area (Å²) in [5.41, 5.74) is 6.06. The molecule has 1 aromatic rings. The molecular weight excluding hydrogens is 190 g/mol. The highest BCUT2D eigenvalue weighted by Crippen LogP contribution is 2.34. The molecule has 0 radical (unpaired) electrons. The van der Waals surface area contributed by atoms with E-state index in [0.717, 1.165) is 0 Å². The first-order valence-electron chi connectivity index (χ1n) is 3.97. The summed E-state index contributed by atoms with van der Waals surface area (Å²) in [6.45, 7) is 1.81. The first-order chi connectivity index (χ1) is 6.02. The minimum absolute atomic E-state index is 0.106. The molecule has 0 fully saturated rings. The average Bonchev–Trinajstić information content (AvgIpc) is 2.05. The van der Waals surface area contributed by atoms with Crippen molar-refractivity contribution in [2.75, 3.05) is 0 Å². The van der Waals surface area contributed by atoms with Crippen LogP contribution in [0.2, 0.25) is 5.02 Å². The Balaban J connectivity index is 3.10. The third kappa shape index (κ3) is 2.26. The van der Waals surface area contributed by atoms with Crippen LogP contribution in [0.15, 0.2) is 12.1 Å². The second kappa shape index (κ2) is 3.85. The molecule has 0 aromatic heterocycles. The van der Waals surface area contributed by atoms with Crippen LogP contribution in [0.1, 0.15) is 12.5 Å². The number of halogens is 1. The van der Waals surface area contributed by atoms with Crippen molar-refractivity contribution in [2.45, 2.75) is 19.4 Å². The molecule has 0 bridgehead atoms. The van der Waals surface area contributed by atoms with Crippen molar-refractivity contribution in [3.63, 3.8) is 0 Å². The summed E-state index contributed by atoms with van der Waals surface area (Å²) in [4.78, 5) is 0. The van der Waals surface area contributed by atoms with Crippen LogP contribution in [0.4, 0.5) is 0 Å². The molecule has 72 valence electrons. The van der Waals surface area contributed by atoms with Crippen LogP contribution < -0.4 is 5.73 Å². The first-order valence-corrected chi connectivity index (χ1v) is 4.35. The number of rotatable bonds is 2. The molecule has 0 saturated carbocycles. The number of nitrogens with two attached hydrogens (primary N) is 1. The summed E-state index contributed by atoms with van der Waals surface area (Å²) in [6, 6.07) is 2.78. The van der Waals surface area contributed by atoms with E-state index in [1.165, 1.54) is 12.1 Å². The van der Waals surface area contributed by atoms with Gasteiger partial charge in [-0.3, -0.25) is 0 Å². The van der Waals surface area contributed by atoms with Gasteiger partial charge in [0.25, 0.3) is 0 Å². The van der Waals surface area contributed by atoms with Gasteiger partial charge in [0.15, 0.2) is 11.5 Å². The maximum Gasteiger partial charge on any atom is 0.162 e. The van der Waals surface area contributed by atoms with Crippen molar-refractivity contribution in [2.24, 2.45) is 5.73 Å². The molecule has 0 aliphatic rings. The number of hydrogen-bond donors (Lipinski definition) is 3. The molecule has 0 spiro atoms. The lowest BCUT2D eigenvalue weighted by Crippen LogP contribution is -2.18. The van der Waals surface area contributed by atoms with E-state index in [9.17, 15) is 10.2 Å². The first kappa shape index (κ1) is 10.2. The standard InChI is InChI=1S/C9H12ClNO2/c1-5(11)4-6-7(10)2-3-8(12)9(6)13/h2-3,5,12-13H,4,11H2,1H3. The van der Waals surface area contributed by atoms with E-state index in [4.69, 9.17) is 17.3 Å². The average molecular weight is 202 g/mol. The van der Waals surface area contributed by atoms with E-state index in [2.05, 4.69) is 0 Å². The van der Waals surface area contributed by atoms with E-state index >= 15 is 0 Å². The van der Waals surface area contributed by atoms with Gasteiger partial charge in [-0.1, -0.05) is 11.6 Å². The van der Waals surface area contributed by atoms with E-state index in [0.29, 0.717) is 17.0 Å². The van der Waals surface area contributed by atoms with Crippen molar-refractivity contribution in [3.8, 4) is 11.5 Å². The van der Waals surface area contributed by atoms with Crippen molar-refractivity contribution in [1.82, 2.24) is 0 Å². The molecule has 0 saturated heterocycles. The van der Waals surface area contributed by atoms with Gasteiger partial charge >= 0.3 is 0 Å². The Labute approximate surface area is 81.8 Å². The molecule has 1 atom stereocenters. The number of hydrogen-bond acceptors (Lipinski definition) is 3. The topological polar surface area (TPSA) is 66.5 Å². The van der Waals surface area contributed by atoms with Crippen LogP contribution in [-0.2, 0) is 6.42 Å². The van der Waals surface area contributed by atoms with Gasteiger partial charge in [0, 0.05) is 16.6 Å². The van der Waals surface area contributed by atoms with Crippen molar-refractivity contribution in [3.05, 3.63) is 22.7 Å². The quantitative estimate of drug-likeness (QED) is 0.638. The molecule has 4 N–H and O–H groups in total. The fraction of sp³-hybridized carbons (Fsp3) is 0.333. The minimum atomic E-state index is -0.176. The zero-order valence-electron chi connectivity index (χ0n) is 7.29. The Morgan fingerprint density at radius 3 is 2.62 bits per heavy atom. The van der Waals surface area contributed by atoms with Gasteiger partial charge < -0.3 is 15.9 Å². The molecule has 13 heavy (non-hydrogen) atoms. The fourth-order valence-corrected chi connectivity index (χ4v) is 1.35. The largest absolute Gasteiger partial charge is 0.504 e. The summed E-state index contributed by atoms with van der Waals surface area (Å²) in [6.07, 6.45) is 0.444. The molecule has 0 amide bonds. The lowest BCUT2D eigenvalue weighted by atomic mass is 10.1. The third-order valence-electron chi connectivity index (χ3n) is 1.73. The van der Waals surface area contributed by atoms with E-state index < -0.39 is 0 Å². The monoisotopic (exact) mass is 201 g/mol. The highest BCUT2D eigenvalue weighted by molar-refractivity contribution is 6.31. The summed E-state index contributed by atoms with van der Waals surface area (Å²) < 4.78 is 0. The van der Waals surface area contributed by atoms with Gasteiger partial charge in [-0.25, -0.2) is 0 Å². The van der Waals surface area contributed by atoms with Crippen LogP contribution in [0.3, 0.4) is 0 Å². The molecule has 0 aliphatic carbocycles. The molecule has 1 aromatic carbocycles. The minimum Gasteiger partial charge on any atom is -0.504 e. The summed E-state index contributed by atoms with van der Waals surface area (Å²) in [5, 5.41) is 19.0. The van der Waals surface area contributed by atoms with Crippen LogP contribution in [0.25, 0.3) is 0 Å². The van der Waals surface area contributed by atoms with Gasteiger partial charge in [0.05, 0.1) is 0 Å². The number of phenolic OH excluding ortho intramolecular Hbond substituents is 2. The van der Waals surface area contributed by atoms with Crippen molar-refractivity contribution in [1.29, 1.82) is 0 Å². The molecular formula is C9H12ClNO2. The van der Waals surface area contributed by atoms with Crippen molar-refractivity contribution >= 4 is 11.6 Å². The third-order valence-corrected chi connectivity index (χ3v) is 2.08. The Kier molecular flexibility index (Phi) is 3.01. The molecule has 1 rings (SSSR count). The maximum absolute atomic E-state index is 9.44. The van der Waals surface area contributed by atoms with E-state index in [1.807, 2.05) is 0 Å². The Hall–Kier alpha value is -0.930. The van der Waals surface area contributed by atoms with E-state index in [1.54, 1.807) is 6.92 Å². The van der Waals surface area contributed by atoms with Gasteiger partial charge in [-0.15, -0.1) is 0 Å². The molecule has 0 heterocycles. The highest BCUT2D eigenvalue weighted by Gasteiger charge is 2.11. The zero-order valence-corrected chi connectivity index (χ0v) is 8.04. The molecule has 0 aliphatic heterocycles. The normalized spacial score (nSPS) is 12.8. The number of aromatic hydroxyl groups is 2. The highest BCUT2D eigenvalue weighted by atomic mass is 35.5. The molecule has 3 nitrogen and oxygen atoms in total. The van der Waals surface area contributed by atoms with Crippen LogP contribution in [-0.4, -0.2) is 16.3 Å². The zero-order chi connectivity index (χ0) is 10.0. The van der Waals surface area contributed by atoms with Gasteiger partial charge in [0.2, 0.25) is 0 Å². The number of benzene rings is 1. The Morgan fingerprint density at radius 1 is 1.46 bits per heavy atom. The second-order valence-electron chi connectivity index (χ2n) is 3.08. The maximum atomic E-state index is 9.44. The van der Waals surface area contributed by atoms with Crippen LogP contribution in [0, 0.1) is 0 Å². The SMILES string of the molecule is CC(N)Cc1c(Cl)ccc(O)c1O. The predicted octanol–water partition coefficient (Wildman–Crippen LogP) is 1.64. The van der Waals surface area contributed by atoms with E-state index in [-0.39, 0.29) is 17.5 Å². The van der Waals surface area contributed by atoms with Gasteiger partial charge in [0.1, 0.15) is 0 Å². The van der Waals surface area contributed by atoms with Crippen LogP contribution in [0.5, 0.6) is 11.5 Å². The Bertz CT molecular complexity index is 313. The summed E-state index contributed by atoms with van der Waals surface area (Å²) in [7, 11) is 0. The molecule has 1 unspecified atom stereocenters. The molecule has 4 heteroatoms. The fourth-order valence-electron chi connectivity index (χ4n) is 1.12. The lowest BCUT2D eigenvalue weighted by Gasteiger charge is -2.10. The lowest BCUT2D eigenvalue weighted by molar-refractivity contribution is 0.398. The Morgan fingerprint density at radius 2 is 2.08 bits per heavy atom. The summed E-state index contributed by atoms with van der Waals surface area (Å²) >= 11 is 5.82. The second-order valence-corrected chi connectivity index (χ2v) is 3.48.